The molecule has 0 atom stereocenters. The molecule has 8 nitrogen and oxygen atoms in total. The fourth-order valence-electron chi connectivity index (χ4n) is 5.35. The van der Waals surface area contributed by atoms with E-state index in [0.29, 0.717) is 45.9 Å². The largest absolute Gasteiger partial charge is 0.507 e. The summed E-state index contributed by atoms with van der Waals surface area (Å²) in [5, 5.41) is 16.7. The van der Waals surface area contributed by atoms with Gasteiger partial charge in [-0.1, -0.05) is 54.6 Å². The first-order valence-corrected chi connectivity index (χ1v) is 13.8. The van der Waals surface area contributed by atoms with Crippen LogP contribution < -0.4 is 9.62 Å². The molecule has 1 amide bonds. The number of amides is 1. The van der Waals surface area contributed by atoms with Crippen LogP contribution in [-0.2, 0) is 21.2 Å². The van der Waals surface area contributed by atoms with Gasteiger partial charge in [-0.25, -0.2) is 8.42 Å². The van der Waals surface area contributed by atoms with Crippen LogP contribution in [0, 0.1) is 4.91 Å². The molecule has 0 saturated carbocycles. The number of hydrogen-bond acceptors (Lipinski definition) is 6. The zero-order chi connectivity index (χ0) is 27.3. The minimum absolute atomic E-state index is 0.0582. The maximum Gasteiger partial charge on any atom is 0.261 e. The number of carbonyl (C=O) groups is 1. The highest BCUT2D eigenvalue weighted by molar-refractivity contribution is 7.92. The van der Waals surface area contributed by atoms with Gasteiger partial charge in [-0.15, -0.1) is 4.91 Å². The zero-order valence-electron chi connectivity index (χ0n) is 20.9. The van der Waals surface area contributed by atoms with Crippen LogP contribution in [-0.4, -0.2) is 26.0 Å². The molecule has 0 unspecified atom stereocenters. The van der Waals surface area contributed by atoms with E-state index in [1.807, 2.05) is 24.3 Å². The molecule has 0 saturated heterocycles. The molecule has 194 valence electrons. The summed E-state index contributed by atoms with van der Waals surface area (Å²) < 4.78 is 29.9. The molecule has 0 radical (unpaired) electrons. The van der Waals surface area contributed by atoms with Crippen LogP contribution in [0.4, 0.5) is 17.1 Å². The molecule has 0 aliphatic carbocycles. The van der Waals surface area contributed by atoms with Crippen LogP contribution in [0.15, 0.2) is 95.0 Å². The first-order valence-electron chi connectivity index (χ1n) is 12.3. The van der Waals surface area contributed by atoms with E-state index in [-0.39, 0.29) is 27.9 Å². The zero-order valence-corrected chi connectivity index (χ0v) is 21.7. The average molecular weight is 538 g/mol. The van der Waals surface area contributed by atoms with Crippen LogP contribution in [0.2, 0.25) is 0 Å². The Morgan fingerprint density at radius 1 is 0.923 bits per heavy atom. The van der Waals surface area contributed by atoms with Crippen LogP contribution >= 0.6 is 0 Å². The number of sulfonamides is 1. The number of aromatic hydroxyl groups is 1. The quantitative estimate of drug-likeness (QED) is 0.249. The Bertz CT molecular complexity index is 1940. The molecule has 0 spiro atoms. The molecule has 1 aliphatic heterocycles. The predicted molar refractivity (Wildman–Crippen MR) is 153 cm³/mol. The van der Waals surface area contributed by atoms with Gasteiger partial charge in [0.05, 0.1) is 10.6 Å². The Morgan fingerprint density at radius 2 is 1.64 bits per heavy atom. The lowest BCUT2D eigenvalue weighted by molar-refractivity contribution is -0.116. The first kappa shape index (κ1) is 24.6. The van der Waals surface area contributed by atoms with Gasteiger partial charge >= 0.3 is 0 Å². The van der Waals surface area contributed by atoms with Gasteiger partial charge in [0.15, 0.2) is 0 Å². The Morgan fingerprint density at radius 3 is 2.38 bits per heavy atom. The van der Waals surface area contributed by atoms with E-state index in [2.05, 4.69) is 9.90 Å². The number of hydrogen-bond donors (Lipinski definition) is 2. The molecule has 0 fully saturated rings. The number of phenols is 1. The molecular formula is C30H23N3O5S. The number of nitrogens with zero attached hydrogens (tertiary/aromatic N) is 2. The summed E-state index contributed by atoms with van der Waals surface area (Å²) in [6.07, 6.45) is 0.561. The van der Waals surface area contributed by atoms with Crippen LogP contribution in [0.1, 0.15) is 12.5 Å². The number of rotatable bonds is 5. The standard InChI is InChI=1S/C30H23N3O5S/c1-18(34)33-15-14-20-16-21(11-12-27(20)33)39(37,38)32-26-17-25(30(31-36)24-9-5-4-8-23(24)26)29-22-7-3-2-6-19(22)10-13-28(29)35/h2-13,16-17,32,35H,14-15H2,1H3. The lowest BCUT2D eigenvalue weighted by Crippen LogP contribution is -2.25. The number of nitroso groups, excluding NO2 is 1. The summed E-state index contributed by atoms with van der Waals surface area (Å²) in [6.45, 7) is 1.99. The minimum Gasteiger partial charge on any atom is -0.507 e. The third-order valence-electron chi connectivity index (χ3n) is 7.17. The lowest BCUT2D eigenvalue weighted by Gasteiger charge is -2.18. The summed E-state index contributed by atoms with van der Waals surface area (Å²) >= 11 is 0. The summed E-state index contributed by atoms with van der Waals surface area (Å²) in [5.74, 6) is -0.154. The summed E-state index contributed by atoms with van der Waals surface area (Å²) in [5.41, 5.74) is 2.52. The van der Waals surface area contributed by atoms with Crippen molar-refractivity contribution in [1.29, 1.82) is 0 Å². The van der Waals surface area contributed by atoms with E-state index in [1.54, 1.807) is 59.5 Å². The van der Waals surface area contributed by atoms with Crippen molar-refractivity contribution in [2.75, 3.05) is 16.2 Å². The van der Waals surface area contributed by atoms with E-state index in [1.165, 1.54) is 13.0 Å². The second-order valence-corrected chi connectivity index (χ2v) is 11.1. The number of phenolic OH excluding ortho intramolecular Hbond substituents is 1. The van der Waals surface area contributed by atoms with Gasteiger partial charge in [0.2, 0.25) is 5.91 Å². The van der Waals surface area contributed by atoms with Gasteiger partial charge in [0.25, 0.3) is 10.0 Å². The van der Waals surface area contributed by atoms with Gasteiger partial charge in [-0.05, 0) is 58.3 Å². The highest BCUT2D eigenvalue weighted by Gasteiger charge is 2.26. The smallest absolute Gasteiger partial charge is 0.261 e. The predicted octanol–water partition coefficient (Wildman–Crippen LogP) is 6.47. The van der Waals surface area contributed by atoms with Crippen molar-refractivity contribution >= 4 is 54.5 Å². The number of nitrogens with one attached hydrogen (secondary N) is 1. The number of anilines is 2. The van der Waals surface area contributed by atoms with Crippen molar-refractivity contribution in [3.05, 3.63) is 95.4 Å². The van der Waals surface area contributed by atoms with Gasteiger partial charge in [-0.2, -0.15) is 0 Å². The monoisotopic (exact) mass is 537 g/mol. The van der Waals surface area contributed by atoms with E-state index >= 15 is 0 Å². The van der Waals surface area contributed by atoms with Gasteiger partial charge in [0, 0.05) is 41.1 Å². The maximum absolute atomic E-state index is 13.6. The Kier molecular flexibility index (Phi) is 5.80. The summed E-state index contributed by atoms with van der Waals surface area (Å²) in [6, 6.07) is 23.9. The molecule has 6 rings (SSSR count). The van der Waals surface area contributed by atoms with Crippen LogP contribution in [0.25, 0.3) is 32.7 Å². The van der Waals surface area contributed by atoms with E-state index < -0.39 is 10.0 Å². The fraction of sp³-hybridized carbons (Fsp3) is 0.100. The molecule has 5 aromatic rings. The average Bonchev–Trinajstić information content (AvgIpc) is 3.37. The Hall–Kier alpha value is -4.76. The third-order valence-corrected chi connectivity index (χ3v) is 8.53. The molecule has 0 bridgehead atoms. The van der Waals surface area contributed by atoms with Crippen molar-refractivity contribution in [3.8, 4) is 16.9 Å². The van der Waals surface area contributed by atoms with Gasteiger partial charge < -0.3 is 10.0 Å². The fourth-order valence-corrected chi connectivity index (χ4v) is 6.47. The highest BCUT2D eigenvalue weighted by atomic mass is 32.2. The van der Waals surface area contributed by atoms with Crippen LogP contribution in [0.3, 0.4) is 0 Å². The molecule has 39 heavy (non-hydrogen) atoms. The lowest BCUT2D eigenvalue weighted by atomic mass is 9.93. The molecule has 9 heteroatoms. The van der Waals surface area contributed by atoms with E-state index in [9.17, 15) is 23.2 Å². The second-order valence-electron chi connectivity index (χ2n) is 9.45. The maximum atomic E-state index is 13.6. The Labute approximate surface area is 224 Å². The topological polar surface area (TPSA) is 116 Å². The summed E-state index contributed by atoms with van der Waals surface area (Å²) in [4.78, 5) is 25.8. The number of fused-ring (bicyclic) bond motifs is 3. The molecule has 1 aliphatic rings. The first-order chi connectivity index (χ1) is 18.8. The molecule has 0 aromatic heterocycles. The molecule has 1 heterocycles. The molecule has 2 N–H and O–H groups in total. The van der Waals surface area contributed by atoms with Gasteiger partial charge in [0.1, 0.15) is 11.4 Å². The Balaban J connectivity index is 1.53. The van der Waals surface area contributed by atoms with Crippen molar-refractivity contribution in [2.24, 2.45) is 5.18 Å². The molecular weight excluding hydrogens is 514 g/mol. The minimum atomic E-state index is -4.06. The van der Waals surface area contributed by atoms with E-state index in [4.69, 9.17) is 0 Å². The van der Waals surface area contributed by atoms with Crippen molar-refractivity contribution in [1.82, 2.24) is 0 Å². The van der Waals surface area contributed by atoms with Crippen molar-refractivity contribution < 1.29 is 18.3 Å². The number of carbonyl (C=O) groups excluding carboxylic acids is 1. The van der Waals surface area contributed by atoms with Gasteiger partial charge in [-0.3, -0.25) is 9.52 Å². The highest BCUT2D eigenvalue weighted by Crippen LogP contribution is 2.46. The summed E-state index contributed by atoms with van der Waals surface area (Å²) in [7, 11) is -4.06. The second kappa shape index (κ2) is 9.21. The normalized spacial score (nSPS) is 13.0. The molecule has 5 aromatic carbocycles. The number of benzene rings is 5. The van der Waals surface area contributed by atoms with Crippen molar-refractivity contribution in [2.45, 2.75) is 18.2 Å². The van der Waals surface area contributed by atoms with Crippen molar-refractivity contribution in [3.63, 3.8) is 0 Å². The third kappa shape index (κ3) is 4.07. The van der Waals surface area contributed by atoms with Crippen LogP contribution in [0.5, 0.6) is 5.75 Å². The SMILES string of the molecule is CC(=O)N1CCc2cc(S(=O)(=O)Nc3cc(-c4c(O)ccc5ccccc45)c(N=O)c4ccccc34)ccc21. The van der Waals surface area contributed by atoms with E-state index in [0.717, 1.165) is 10.9 Å².